The molecule has 0 saturated heterocycles. The fraction of sp³-hybridized carbons (Fsp3) is 0.909. The first-order valence-electron chi connectivity index (χ1n) is 5.50. The van der Waals surface area contributed by atoms with Crippen LogP contribution in [0.2, 0.25) is 0 Å². The van der Waals surface area contributed by atoms with Gasteiger partial charge in [-0.2, -0.15) is 0 Å². The van der Waals surface area contributed by atoms with Crippen LogP contribution < -0.4 is 0 Å². The van der Waals surface area contributed by atoms with E-state index >= 15 is 0 Å². The lowest BCUT2D eigenvalue weighted by molar-refractivity contribution is -0.144. The monoisotopic (exact) mass is 216 g/mol. The number of ether oxygens (including phenoxy) is 2. The Morgan fingerprint density at radius 3 is 2.47 bits per heavy atom. The van der Waals surface area contributed by atoms with Crippen molar-refractivity contribution in [2.75, 3.05) is 13.7 Å². The maximum Gasteiger partial charge on any atom is 0.306 e. The Labute approximate surface area is 90.6 Å². The quantitative estimate of drug-likeness (QED) is 0.759. The van der Waals surface area contributed by atoms with Crippen molar-refractivity contribution < 1.29 is 19.4 Å². The molecule has 1 N–H and O–H groups in total. The molecule has 0 heterocycles. The molecule has 1 saturated carbocycles. The smallest absolute Gasteiger partial charge is 0.306 e. The van der Waals surface area contributed by atoms with Crippen LogP contribution in [0.3, 0.4) is 0 Å². The van der Waals surface area contributed by atoms with Crippen molar-refractivity contribution in [3.63, 3.8) is 0 Å². The number of carbonyl (C=O) groups is 1. The van der Waals surface area contributed by atoms with Gasteiger partial charge >= 0.3 is 5.97 Å². The zero-order valence-electron chi connectivity index (χ0n) is 9.44. The van der Waals surface area contributed by atoms with E-state index in [-0.39, 0.29) is 18.1 Å². The standard InChI is InChI=1S/C11H20O4/c1-8(14-2)7-15-10-5-3-9(4-6-10)11(12)13/h8-10H,3-7H2,1-2H3,(H,12,13)/t8-,9?,10?/m0/s1. The van der Waals surface area contributed by atoms with Crippen LogP contribution in [0.4, 0.5) is 0 Å². The van der Waals surface area contributed by atoms with Crippen molar-refractivity contribution in [3.05, 3.63) is 0 Å². The molecule has 0 unspecified atom stereocenters. The molecule has 1 aliphatic rings. The summed E-state index contributed by atoms with van der Waals surface area (Å²) in [5, 5.41) is 8.82. The third kappa shape index (κ3) is 4.18. The van der Waals surface area contributed by atoms with E-state index in [0.717, 1.165) is 25.7 Å². The number of carboxylic acid groups (broad SMARTS) is 1. The van der Waals surface area contributed by atoms with Gasteiger partial charge in [-0.15, -0.1) is 0 Å². The van der Waals surface area contributed by atoms with Crippen LogP contribution in [0.5, 0.6) is 0 Å². The summed E-state index contributed by atoms with van der Waals surface area (Å²) in [5.74, 6) is -0.830. The zero-order chi connectivity index (χ0) is 11.3. The van der Waals surface area contributed by atoms with Crippen molar-refractivity contribution in [1.29, 1.82) is 0 Å². The first kappa shape index (κ1) is 12.5. The molecule has 1 fully saturated rings. The van der Waals surface area contributed by atoms with Gasteiger partial charge in [0.1, 0.15) is 0 Å². The Balaban J connectivity index is 2.17. The molecule has 0 radical (unpaired) electrons. The molecule has 0 aromatic heterocycles. The summed E-state index contributed by atoms with van der Waals surface area (Å²) < 4.78 is 10.7. The van der Waals surface area contributed by atoms with Gasteiger partial charge in [-0.1, -0.05) is 0 Å². The molecule has 88 valence electrons. The molecular weight excluding hydrogens is 196 g/mol. The molecule has 0 aliphatic heterocycles. The molecule has 4 nitrogen and oxygen atoms in total. The van der Waals surface area contributed by atoms with Crippen LogP contribution in [-0.4, -0.2) is 37.0 Å². The second kappa shape index (κ2) is 6.08. The Morgan fingerprint density at radius 2 is 2.00 bits per heavy atom. The van der Waals surface area contributed by atoms with Gasteiger partial charge in [-0.05, 0) is 32.6 Å². The lowest BCUT2D eigenvalue weighted by Gasteiger charge is -2.27. The van der Waals surface area contributed by atoms with E-state index < -0.39 is 5.97 Å². The van der Waals surface area contributed by atoms with Crippen molar-refractivity contribution in [2.45, 2.75) is 44.8 Å². The third-order valence-electron chi connectivity index (χ3n) is 2.99. The van der Waals surface area contributed by atoms with Crippen molar-refractivity contribution in [1.82, 2.24) is 0 Å². The van der Waals surface area contributed by atoms with Gasteiger partial charge in [0.05, 0.1) is 24.7 Å². The zero-order valence-corrected chi connectivity index (χ0v) is 9.44. The van der Waals surface area contributed by atoms with Gasteiger partial charge < -0.3 is 14.6 Å². The summed E-state index contributed by atoms with van der Waals surface area (Å²) >= 11 is 0. The maximum absolute atomic E-state index is 10.7. The molecule has 1 rings (SSSR count). The molecule has 1 atom stereocenters. The number of aliphatic carboxylic acids is 1. The highest BCUT2D eigenvalue weighted by molar-refractivity contribution is 5.69. The number of hydrogen-bond acceptors (Lipinski definition) is 3. The lowest BCUT2D eigenvalue weighted by atomic mass is 9.87. The predicted octanol–water partition coefficient (Wildman–Crippen LogP) is 1.68. The Bertz CT molecular complexity index is 197. The molecule has 0 aromatic carbocycles. The minimum Gasteiger partial charge on any atom is -0.481 e. The Hall–Kier alpha value is -0.610. The number of carboxylic acids is 1. The summed E-state index contributed by atoms with van der Waals surface area (Å²) in [7, 11) is 1.66. The lowest BCUT2D eigenvalue weighted by Crippen LogP contribution is -2.28. The molecule has 4 heteroatoms. The van der Waals surface area contributed by atoms with Crippen LogP contribution in [-0.2, 0) is 14.3 Å². The van der Waals surface area contributed by atoms with E-state index in [9.17, 15) is 4.79 Å². The highest BCUT2D eigenvalue weighted by Gasteiger charge is 2.26. The van der Waals surface area contributed by atoms with Gasteiger partial charge in [0.25, 0.3) is 0 Å². The fourth-order valence-corrected chi connectivity index (χ4v) is 1.82. The summed E-state index contributed by atoms with van der Waals surface area (Å²) in [6.07, 6.45) is 3.52. The average molecular weight is 216 g/mol. The Kier molecular flexibility index (Phi) is 5.05. The minimum absolute atomic E-state index is 0.113. The van der Waals surface area contributed by atoms with Gasteiger partial charge in [-0.3, -0.25) is 4.79 Å². The first-order valence-corrected chi connectivity index (χ1v) is 5.50. The van der Waals surface area contributed by atoms with Crippen LogP contribution in [0.15, 0.2) is 0 Å². The van der Waals surface area contributed by atoms with Crippen molar-refractivity contribution in [3.8, 4) is 0 Å². The molecule has 0 bridgehead atoms. The number of rotatable bonds is 5. The van der Waals surface area contributed by atoms with E-state index in [2.05, 4.69) is 0 Å². The van der Waals surface area contributed by atoms with Crippen LogP contribution >= 0.6 is 0 Å². The molecular formula is C11H20O4. The SMILES string of the molecule is CO[C@@H](C)COC1CCC(C(=O)O)CC1. The summed E-state index contributed by atoms with van der Waals surface area (Å²) in [6, 6.07) is 0. The van der Waals surface area contributed by atoms with Gasteiger partial charge in [0.15, 0.2) is 0 Å². The normalized spacial score (nSPS) is 28.7. The van der Waals surface area contributed by atoms with Crippen molar-refractivity contribution >= 4 is 5.97 Å². The van der Waals surface area contributed by atoms with Gasteiger partial charge in [0.2, 0.25) is 0 Å². The largest absolute Gasteiger partial charge is 0.481 e. The second-order valence-corrected chi connectivity index (χ2v) is 4.19. The second-order valence-electron chi connectivity index (χ2n) is 4.19. The average Bonchev–Trinajstić information content (AvgIpc) is 2.26. The highest BCUT2D eigenvalue weighted by Crippen LogP contribution is 2.26. The van der Waals surface area contributed by atoms with E-state index in [1.165, 1.54) is 0 Å². The summed E-state index contributed by atoms with van der Waals surface area (Å²) in [4.78, 5) is 10.7. The van der Waals surface area contributed by atoms with Gasteiger partial charge in [0, 0.05) is 7.11 Å². The topological polar surface area (TPSA) is 55.8 Å². The molecule has 0 amide bonds. The summed E-state index contributed by atoms with van der Waals surface area (Å²) in [5.41, 5.74) is 0. The Morgan fingerprint density at radius 1 is 1.40 bits per heavy atom. The maximum atomic E-state index is 10.7. The van der Waals surface area contributed by atoms with E-state index in [1.54, 1.807) is 7.11 Å². The fourth-order valence-electron chi connectivity index (χ4n) is 1.82. The minimum atomic E-state index is -0.668. The van der Waals surface area contributed by atoms with E-state index in [4.69, 9.17) is 14.6 Å². The van der Waals surface area contributed by atoms with Crippen LogP contribution in [0.25, 0.3) is 0 Å². The van der Waals surface area contributed by atoms with E-state index in [0.29, 0.717) is 6.61 Å². The van der Waals surface area contributed by atoms with Gasteiger partial charge in [-0.25, -0.2) is 0 Å². The highest BCUT2D eigenvalue weighted by atomic mass is 16.5. The first-order chi connectivity index (χ1) is 7.13. The molecule has 0 spiro atoms. The van der Waals surface area contributed by atoms with Crippen LogP contribution in [0.1, 0.15) is 32.6 Å². The molecule has 1 aliphatic carbocycles. The van der Waals surface area contributed by atoms with Crippen molar-refractivity contribution in [2.24, 2.45) is 5.92 Å². The molecule has 15 heavy (non-hydrogen) atoms. The third-order valence-corrected chi connectivity index (χ3v) is 2.99. The van der Waals surface area contributed by atoms with E-state index in [1.807, 2.05) is 6.92 Å². The number of hydrogen-bond donors (Lipinski definition) is 1. The molecule has 0 aromatic rings. The number of methoxy groups -OCH3 is 1. The summed E-state index contributed by atoms with van der Waals surface area (Å²) in [6.45, 7) is 2.56. The predicted molar refractivity (Wildman–Crippen MR) is 55.8 cm³/mol. The van der Waals surface area contributed by atoms with Crippen LogP contribution in [0, 0.1) is 5.92 Å².